The van der Waals surface area contributed by atoms with Gasteiger partial charge in [0.25, 0.3) is 0 Å². The van der Waals surface area contributed by atoms with E-state index in [1.807, 2.05) is 0 Å². The summed E-state index contributed by atoms with van der Waals surface area (Å²) in [6.45, 7) is 0.0455. The lowest BCUT2D eigenvalue weighted by Gasteiger charge is -2.12. The van der Waals surface area contributed by atoms with Crippen LogP contribution in [0.5, 0.6) is 17.2 Å². The molecule has 3 aromatic rings. The van der Waals surface area contributed by atoms with E-state index in [-0.39, 0.29) is 12.4 Å². The summed E-state index contributed by atoms with van der Waals surface area (Å²) >= 11 is 5.89. The molecule has 0 saturated carbocycles. The maximum Gasteiger partial charge on any atom is 0.319 e. The molecule has 2 aromatic carbocycles. The van der Waals surface area contributed by atoms with Crippen LogP contribution in [0.2, 0.25) is 5.02 Å². The molecule has 0 aliphatic carbocycles. The van der Waals surface area contributed by atoms with E-state index in [2.05, 4.69) is 20.8 Å². The number of aromatic nitrogens is 2. The number of nitrogens with zero attached hydrogens (tertiary/aromatic N) is 2. The van der Waals surface area contributed by atoms with Gasteiger partial charge in [-0.1, -0.05) is 22.8 Å². The summed E-state index contributed by atoms with van der Waals surface area (Å²) in [7, 11) is 4.56. The molecule has 1 heterocycles. The van der Waals surface area contributed by atoms with Crippen LogP contribution in [0.4, 0.5) is 10.5 Å². The molecule has 9 nitrogen and oxygen atoms in total. The molecular formula is C19H19ClN4O5. The minimum atomic E-state index is -0.431. The lowest BCUT2D eigenvalue weighted by molar-refractivity contribution is 0.249. The Morgan fingerprint density at radius 1 is 1.10 bits per heavy atom. The molecule has 1 aromatic heterocycles. The number of ether oxygens (including phenoxy) is 3. The van der Waals surface area contributed by atoms with Crippen LogP contribution in [0.15, 0.2) is 40.9 Å². The van der Waals surface area contributed by atoms with E-state index in [1.165, 1.54) is 21.3 Å². The van der Waals surface area contributed by atoms with Gasteiger partial charge >= 0.3 is 6.03 Å². The fourth-order valence-electron chi connectivity index (χ4n) is 2.55. The highest BCUT2D eigenvalue weighted by molar-refractivity contribution is 6.30. The average molecular weight is 419 g/mol. The Balaban J connectivity index is 1.68. The number of hydrogen-bond acceptors (Lipinski definition) is 7. The van der Waals surface area contributed by atoms with Crippen LogP contribution in [0.1, 0.15) is 5.89 Å². The third-order valence-corrected chi connectivity index (χ3v) is 4.11. The van der Waals surface area contributed by atoms with Crippen LogP contribution in [0, 0.1) is 0 Å². The number of carbonyl (C=O) groups is 1. The van der Waals surface area contributed by atoms with Gasteiger partial charge in [0, 0.05) is 16.3 Å². The standard InChI is InChI=1S/C19H19ClN4O5/c1-26-14-7-11(8-15(27-2)17(14)28-3)18-23-16(29-24-18)10-21-19(25)22-13-6-4-5-12(20)9-13/h4-9H,10H2,1-3H3,(H2,21,22,25). The molecule has 0 radical (unpaired) electrons. The second-order valence-electron chi connectivity index (χ2n) is 5.74. The van der Waals surface area contributed by atoms with Crippen molar-refractivity contribution in [1.29, 1.82) is 0 Å². The topological polar surface area (TPSA) is 108 Å². The number of urea groups is 1. The van der Waals surface area contributed by atoms with E-state index < -0.39 is 6.03 Å². The lowest BCUT2D eigenvalue weighted by atomic mass is 10.1. The second kappa shape index (κ2) is 9.16. The largest absolute Gasteiger partial charge is 0.493 e. The van der Waals surface area contributed by atoms with Crippen molar-refractivity contribution in [3.8, 4) is 28.6 Å². The monoisotopic (exact) mass is 418 g/mol. The van der Waals surface area contributed by atoms with Crippen molar-refractivity contribution in [2.45, 2.75) is 6.54 Å². The molecule has 0 atom stereocenters. The number of rotatable bonds is 7. The van der Waals surface area contributed by atoms with E-state index in [4.69, 9.17) is 30.3 Å². The zero-order valence-corrected chi connectivity index (χ0v) is 16.7. The highest BCUT2D eigenvalue weighted by atomic mass is 35.5. The summed E-state index contributed by atoms with van der Waals surface area (Å²) in [6, 6.07) is 9.79. The molecule has 0 saturated heterocycles. The Labute approximate surface area is 171 Å². The fourth-order valence-corrected chi connectivity index (χ4v) is 2.74. The predicted molar refractivity (Wildman–Crippen MR) is 107 cm³/mol. The van der Waals surface area contributed by atoms with Crippen molar-refractivity contribution < 1.29 is 23.5 Å². The van der Waals surface area contributed by atoms with Gasteiger partial charge in [0.15, 0.2) is 11.5 Å². The number of nitrogens with one attached hydrogen (secondary N) is 2. The van der Waals surface area contributed by atoms with E-state index in [0.29, 0.717) is 39.3 Å². The van der Waals surface area contributed by atoms with Crippen LogP contribution in [-0.4, -0.2) is 37.5 Å². The molecule has 3 rings (SSSR count). The van der Waals surface area contributed by atoms with E-state index >= 15 is 0 Å². The van der Waals surface area contributed by atoms with Crippen molar-refractivity contribution in [3.05, 3.63) is 47.3 Å². The van der Waals surface area contributed by atoms with Gasteiger partial charge in [-0.25, -0.2) is 4.79 Å². The van der Waals surface area contributed by atoms with Gasteiger partial charge in [0.2, 0.25) is 17.5 Å². The first kappa shape index (κ1) is 20.3. The van der Waals surface area contributed by atoms with Crippen LogP contribution >= 0.6 is 11.6 Å². The Hall–Kier alpha value is -3.46. The Morgan fingerprint density at radius 2 is 1.83 bits per heavy atom. The normalized spacial score (nSPS) is 10.3. The number of amides is 2. The number of benzene rings is 2. The van der Waals surface area contributed by atoms with E-state index in [9.17, 15) is 4.79 Å². The molecule has 10 heteroatoms. The second-order valence-corrected chi connectivity index (χ2v) is 6.18. The Bertz CT molecular complexity index is 983. The van der Waals surface area contributed by atoms with Gasteiger partial charge in [-0.15, -0.1) is 0 Å². The predicted octanol–water partition coefficient (Wildman–Crippen LogP) is 3.74. The molecular weight excluding hydrogens is 400 g/mol. The maximum atomic E-state index is 12.0. The summed E-state index contributed by atoms with van der Waals surface area (Å²) in [4.78, 5) is 16.3. The Kier molecular flexibility index (Phi) is 6.40. The first-order valence-electron chi connectivity index (χ1n) is 8.47. The highest BCUT2D eigenvalue weighted by Crippen LogP contribution is 2.40. The number of halogens is 1. The summed E-state index contributed by atoms with van der Waals surface area (Å²) in [5, 5.41) is 9.76. The minimum Gasteiger partial charge on any atom is -0.493 e. The molecule has 2 amide bonds. The molecule has 152 valence electrons. The van der Waals surface area contributed by atoms with Gasteiger partial charge in [-0.3, -0.25) is 0 Å². The first-order chi connectivity index (χ1) is 14.0. The molecule has 0 aliphatic heterocycles. The van der Waals surface area contributed by atoms with Crippen LogP contribution in [0.3, 0.4) is 0 Å². The zero-order valence-electron chi connectivity index (χ0n) is 16.0. The van der Waals surface area contributed by atoms with Gasteiger partial charge in [0.05, 0.1) is 27.9 Å². The highest BCUT2D eigenvalue weighted by Gasteiger charge is 2.17. The molecule has 0 fully saturated rings. The van der Waals surface area contributed by atoms with Crippen LogP contribution < -0.4 is 24.8 Å². The molecule has 0 unspecified atom stereocenters. The zero-order chi connectivity index (χ0) is 20.8. The van der Waals surface area contributed by atoms with Crippen molar-refractivity contribution in [2.24, 2.45) is 0 Å². The van der Waals surface area contributed by atoms with Crippen LogP contribution in [-0.2, 0) is 6.54 Å². The molecule has 0 aliphatic rings. The average Bonchev–Trinajstić information content (AvgIpc) is 3.20. The molecule has 0 bridgehead atoms. The van der Waals surface area contributed by atoms with Crippen molar-refractivity contribution in [2.75, 3.05) is 26.6 Å². The third-order valence-electron chi connectivity index (χ3n) is 3.87. The van der Waals surface area contributed by atoms with Gasteiger partial charge in [-0.05, 0) is 30.3 Å². The molecule has 2 N–H and O–H groups in total. The quantitative estimate of drug-likeness (QED) is 0.601. The van der Waals surface area contributed by atoms with Gasteiger partial charge < -0.3 is 29.4 Å². The Morgan fingerprint density at radius 3 is 2.45 bits per heavy atom. The van der Waals surface area contributed by atoms with Gasteiger partial charge in [-0.2, -0.15) is 4.98 Å². The van der Waals surface area contributed by atoms with Gasteiger partial charge in [0.1, 0.15) is 0 Å². The number of methoxy groups -OCH3 is 3. The summed E-state index contributed by atoms with van der Waals surface area (Å²) < 4.78 is 21.2. The lowest BCUT2D eigenvalue weighted by Crippen LogP contribution is -2.28. The van der Waals surface area contributed by atoms with E-state index in [1.54, 1.807) is 36.4 Å². The summed E-state index contributed by atoms with van der Waals surface area (Å²) in [5.41, 5.74) is 1.18. The number of hydrogen-bond donors (Lipinski definition) is 2. The molecule has 29 heavy (non-hydrogen) atoms. The SMILES string of the molecule is COc1cc(-c2noc(CNC(=O)Nc3cccc(Cl)c3)n2)cc(OC)c1OC. The van der Waals surface area contributed by atoms with Crippen LogP contribution in [0.25, 0.3) is 11.4 Å². The first-order valence-corrected chi connectivity index (χ1v) is 8.85. The van der Waals surface area contributed by atoms with Crippen molar-refractivity contribution >= 4 is 23.3 Å². The smallest absolute Gasteiger partial charge is 0.319 e. The number of carbonyl (C=O) groups excluding carboxylic acids is 1. The maximum absolute atomic E-state index is 12.0. The minimum absolute atomic E-state index is 0.0455. The van der Waals surface area contributed by atoms with Crippen molar-refractivity contribution in [3.63, 3.8) is 0 Å². The third kappa shape index (κ3) is 4.88. The molecule has 0 spiro atoms. The fraction of sp³-hybridized carbons (Fsp3) is 0.211. The number of anilines is 1. The van der Waals surface area contributed by atoms with Crippen molar-refractivity contribution in [1.82, 2.24) is 15.5 Å². The summed E-state index contributed by atoms with van der Waals surface area (Å²) in [5.74, 6) is 1.94. The van der Waals surface area contributed by atoms with E-state index in [0.717, 1.165) is 0 Å². The summed E-state index contributed by atoms with van der Waals surface area (Å²) in [6.07, 6.45) is 0.